The molecule has 0 amide bonds. The average molecular weight is 295 g/mol. The van der Waals surface area contributed by atoms with Gasteiger partial charge in [0.15, 0.2) is 0 Å². The summed E-state index contributed by atoms with van der Waals surface area (Å²) in [7, 11) is 0. The molecule has 106 valence electrons. The van der Waals surface area contributed by atoms with Crippen molar-refractivity contribution < 1.29 is 8.78 Å². The monoisotopic (exact) mass is 294 g/mol. The summed E-state index contributed by atoms with van der Waals surface area (Å²) >= 11 is 6.20. The maximum absolute atomic E-state index is 13.9. The molecular weight excluding hydrogens is 278 g/mol. The highest BCUT2D eigenvalue weighted by Gasteiger charge is 2.30. The zero-order chi connectivity index (χ0) is 14.6. The van der Waals surface area contributed by atoms with E-state index in [0.29, 0.717) is 17.9 Å². The summed E-state index contributed by atoms with van der Waals surface area (Å²) in [6, 6.07) is 13.6. The third-order valence-corrected chi connectivity index (χ3v) is 4.37. The third kappa shape index (κ3) is 3.01. The zero-order valence-corrected chi connectivity index (χ0v) is 12.1. The van der Waals surface area contributed by atoms with Gasteiger partial charge in [-0.2, -0.15) is 0 Å². The van der Waals surface area contributed by atoms with Crippen molar-refractivity contribution >= 4 is 11.6 Å². The van der Waals surface area contributed by atoms with Crippen molar-refractivity contribution in [3.63, 3.8) is 0 Å². The van der Waals surface area contributed by atoms with Crippen LogP contribution in [-0.4, -0.2) is 5.88 Å². The molecule has 1 unspecified atom stereocenters. The molecule has 0 saturated heterocycles. The molecule has 0 aliphatic carbocycles. The molecule has 2 aromatic rings. The summed E-state index contributed by atoms with van der Waals surface area (Å²) in [5, 5.41) is 0. The highest BCUT2D eigenvalue weighted by molar-refractivity contribution is 6.18. The molecule has 0 radical (unpaired) electrons. The lowest BCUT2D eigenvalue weighted by Crippen LogP contribution is -2.30. The Morgan fingerprint density at radius 3 is 2.30 bits per heavy atom. The van der Waals surface area contributed by atoms with Gasteiger partial charge in [0.25, 0.3) is 0 Å². The second kappa shape index (κ2) is 6.36. The average Bonchev–Trinajstić information content (AvgIpc) is 2.48. The van der Waals surface area contributed by atoms with E-state index < -0.39 is 11.6 Å². The smallest absolute Gasteiger partial charge is 0.129 e. The molecule has 20 heavy (non-hydrogen) atoms. The lowest BCUT2D eigenvalue weighted by Gasteiger charge is -2.31. The third-order valence-electron chi connectivity index (χ3n) is 3.86. The fourth-order valence-corrected chi connectivity index (χ4v) is 2.91. The first kappa shape index (κ1) is 15.0. The Morgan fingerprint density at radius 2 is 1.75 bits per heavy atom. The maximum atomic E-state index is 13.9. The van der Waals surface area contributed by atoms with Crippen LogP contribution in [0.1, 0.15) is 24.5 Å². The van der Waals surface area contributed by atoms with Gasteiger partial charge < -0.3 is 0 Å². The number of hydrogen-bond acceptors (Lipinski definition) is 0. The van der Waals surface area contributed by atoms with Crippen molar-refractivity contribution in [3.8, 4) is 0 Å². The summed E-state index contributed by atoms with van der Waals surface area (Å²) in [6.45, 7) is 2.04. The maximum Gasteiger partial charge on any atom is 0.129 e. The van der Waals surface area contributed by atoms with Gasteiger partial charge in [0.05, 0.1) is 0 Å². The van der Waals surface area contributed by atoms with Crippen molar-refractivity contribution in [1.82, 2.24) is 0 Å². The van der Waals surface area contributed by atoms with Crippen LogP contribution >= 0.6 is 11.6 Å². The number of hydrogen-bond donors (Lipinski definition) is 0. The van der Waals surface area contributed by atoms with Crippen molar-refractivity contribution in [2.45, 2.75) is 25.2 Å². The first-order valence-corrected chi connectivity index (χ1v) is 7.20. The van der Waals surface area contributed by atoms with Crippen LogP contribution in [0, 0.1) is 11.6 Å². The molecule has 0 nitrogen and oxygen atoms in total. The molecule has 0 saturated carbocycles. The second-order valence-electron chi connectivity index (χ2n) is 5.05. The molecule has 0 aromatic heterocycles. The van der Waals surface area contributed by atoms with Gasteiger partial charge in [0, 0.05) is 17.4 Å². The number of rotatable bonds is 5. The van der Waals surface area contributed by atoms with Crippen LogP contribution in [0.4, 0.5) is 8.78 Å². The second-order valence-corrected chi connectivity index (χ2v) is 5.31. The lowest BCUT2D eigenvalue weighted by molar-refractivity contribution is 0.445. The number of halogens is 3. The normalized spacial score (nSPS) is 14.0. The zero-order valence-electron chi connectivity index (χ0n) is 11.4. The van der Waals surface area contributed by atoms with E-state index in [4.69, 9.17) is 11.6 Å². The first-order chi connectivity index (χ1) is 9.61. The van der Waals surface area contributed by atoms with Crippen LogP contribution in [-0.2, 0) is 11.8 Å². The van der Waals surface area contributed by atoms with E-state index in [1.54, 1.807) is 0 Å². The predicted octanol–water partition coefficient (Wildman–Crippen LogP) is 5.09. The van der Waals surface area contributed by atoms with Crippen molar-refractivity contribution in [1.29, 1.82) is 0 Å². The van der Waals surface area contributed by atoms with Gasteiger partial charge in [0.1, 0.15) is 11.6 Å². The Labute approximate surface area is 123 Å². The summed E-state index contributed by atoms with van der Waals surface area (Å²) < 4.78 is 26.9. The van der Waals surface area contributed by atoms with Crippen molar-refractivity contribution in [2.75, 3.05) is 5.88 Å². The minimum Gasteiger partial charge on any atom is -0.207 e. The fourth-order valence-electron chi connectivity index (χ4n) is 2.47. The van der Waals surface area contributed by atoms with E-state index in [1.165, 1.54) is 12.1 Å². The minimum absolute atomic E-state index is 0.332. The van der Waals surface area contributed by atoms with Crippen LogP contribution in [0.25, 0.3) is 0 Å². The van der Waals surface area contributed by atoms with Crippen LogP contribution < -0.4 is 0 Å². The molecule has 0 aliphatic heterocycles. The van der Waals surface area contributed by atoms with Gasteiger partial charge in [-0.3, -0.25) is 0 Å². The molecule has 0 aliphatic rings. The van der Waals surface area contributed by atoms with Gasteiger partial charge in [-0.05, 0) is 30.0 Å². The van der Waals surface area contributed by atoms with Crippen LogP contribution in [0.5, 0.6) is 0 Å². The molecule has 2 aromatic carbocycles. The summed E-state index contributed by atoms with van der Waals surface area (Å²) in [6.07, 6.45) is 1.25. The largest absolute Gasteiger partial charge is 0.207 e. The fraction of sp³-hybridized carbons (Fsp3) is 0.294. The molecule has 0 N–H and O–H groups in total. The van der Waals surface area contributed by atoms with E-state index in [2.05, 4.69) is 0 Å². The van der Waals surface area contributed by atoms with E-state index in [-0.39, 0.29) is 5.41 Å². The van der Waals surface area contributed by atoms with Gasteiger partial charge in [0.2, 0.25) is 0 Å². The highest BCUT2D eigenvalue weighted by atomic mass is 35.5. The van der Waals surface area contributed by atoms with Gasteiger partial charge in [-0.25, -0.2) is 8.78 Å². The first-order valence-electron chi connectivity index (χ1n) is 6.67. The summed E-state index contributed by atoms with van der Waals surface area (Å²) in [5.74, 6) is -0.674. The Hall–Kier alpha value is -1.41. The van der Waals surface area contributed by atoms with Crippen LogP contribution in [0.2, 0.25) is 0 Å². The van der Waals surface area contributed by atoms with E-state index in [1.807, 2.05) is 37.3 Å². The quantitative estimate of drug-likeness (QED) is 0.674. The molecule has 2 rings (SSSR count). The van der Waals surface area contributed by atoms with Gasteiger partial charge >= 0.3 is 0 Å². The van der Waals surface area contributed by atoms with Crippen LogP contribution in [0.15, 0.2) is 48.5 Å². The number of alkyl halides is 1. The minimum atomic E-state index is -0.557. The van der Waals surface area contributed by atoms with E-state index in [0.717, 1.165) is 18.1 Å². The summed E-state index contributed by atoms with van der Waals surface area (Å²) in [4.78, 5) is 0. The molecule has 0 bridgehead atoms. The predicted molar refractivity (Wildman–Crippen MR) is 79.2 cm³/mol. The SMILES string of the molecule is CCC(CCl)(Cc1ccc(F)cc1F)c1ccccc1. The Balaban J connectivity index is 2.39. The van der Waals surface area contributed by atoms with Gasteiger partial charge in [-0.1, -0.05) is 43.3 Å². The highest BCUT2D eigenvalue weighted by Crippen LogP contribution is 2.34. The van der Waals surface area contributed by atoms with Crippen molar-refractivity contribution in [2.24, 2.45) is 0 Å². The van der Waals surface area contributed by atoms with Crippen LogP contribution in [0.3, 0.4) is 0 Å². The molecule has 0 spiro atoms. The van der Waals surface area contributed by atoms with E-state index in [9.17, 15) is 8.78 Å². The lowest BCUT2D eigenvalue weighted by atomic mass is 9.75. The Kier molecular flexibility index (Phi) is 4.77. The van der Waals surface area contributed by atoms with Crippen molar-refractivity contribution in [3.05, 3.63) is 71.3 Å². The molecular formula is C17H17ClF2. The molecule has 3 heteroatoms. The molecule has 1 atom stereocenters. The van der Waals surface area contributed by atoms with Gasteiger partial charge in [-0.15, -0.1) is 11.6 Å². The molecule has 0 heterocycles. The topological polar surface area (TPSA) is 0 Å². The molecule has 0 fully saturated rings. The van der Waals surface area contributed by atoms with E-state index >= 15 is 0 Å². The Bertz CT molecular complexity index is 562. The summed E-state index contributed by atoms with van der Waals surface area (Å²) in [5.41, 5.74) is 1.25. The number of benzene rings is 2. The Morgan fingerprint density at radius 1 is 1.05 bits per heavy atom. The standard InChI is InChI=1S/C17H17ClF2/c1-2-17(12-18,14-6-4-3-5-7-14)11-13-8-9-15(19)10-16(13)20/h3-10H,2,11-12H2,1H3.